The zero-order chi connectivity index (χ0) is 23.3. The van der Waals surface area contributed by atoms with Crippen LogP contribution in [-0.4, -0.2) is 41.4 Å². The van der Waals surface area contributed by atoms with Crippen molar-refractivity contribution in [2.45, 2.75) is 72.3 Å². The molecular formula is C26H41N5O. The Balaban J connectivity index is 1.45. The maximum Gasteiger partial charge on any atom is 0.159 e. The van der Waals surface area contributed by atoms with Crippen LogP contribution >= 0.6 is 0 Å². The van der Waals surface area contributed by atoms with Crippen LogP contribution in [0.1, 0.15) is 66.2 Å². The van der Waals surface area contributed by atoms with Crippen LogP contribution < -0.4 is 15.5 Å². The number of fused-ring (bicyclic) bond motifs is 2. The summed E-state index contributed by atoms with van der Waals surface area (Å²) in [5, 5.41) is 10.5. The van der Waals surface area contributed by atoms with Crippen molar-refractivity contribution in [3.8, 4) is 0 Å². The Bertz CT molecular complexity index is 913. The van der Waals surface area contributed by atoms with Crippen molar-refractivity contribution in [1.82, 2.24) is 9.97 Å². The largest absolute Gasteiger partial charge is 0.389 e. The van der Waals surface area contributed by atoms with Crippen molar-refractivity contribution in [1.29, 1.82) is 0 Å². The number of nitrogens with two attached hydrogens (primary N) is 1. The topological polar surface area (TPSA) is 78.5 Å². The van der Waals surface area contributed by atoms with Crippen LogP contribution in [0, 0.1) is 22.7 Å². The highest BCUT2D eigenvalue weighted by Gasteiger charge is 2.55. The molecular weight excluding hydrogens is 398 g/mol. The second-order valence-electron chi connectivity index (χ2n) is 11.1. The summed E-state index contributed by atoms with van der Waals surface area (Å²) in [6, 6.07) is 0. The third-order valence-corrected chi connectivity index (χ3v) is 9.26. The highest BCUT2D eigenvalue weighted by molar-refractivity contribution is 5.81. The normalized spacial score (nSPS) is 35.1. The molecule has 176 valence electrons. The molecule has 6 heteroatoms. The standard InChI is InChI=1S/C26H41N5O/c1-17(11-14-31-16-30(6)24-22(31)23(27)28-15-29-24)9-12-25(4)18(2)10-13-26(5)19(3)20(32)7-8-21(25)26/h11,15,18,20-21,32H,3,7-10,12-14,16H2,1-2,4-6H3,(H2,27,28,29). The summed E-state index contributed by atoms with van der Waals surface area (Å²) in [6.07, 6.45) is 10.2. The van der Waals surface area contributed by atoms with Crippen LogP contribution in [0.3, 0.4) is 0 Å². The van der Waals surface area contributed by atoms with E-state index in [0.717, 1.165) is 56.0 Å². The summed E-state index contributed by atoms with van der Waals surface area (Å²) in [5.74, 6) is 2.74. The van der Waals surface area contributed by atoms with Gasteiger partial charge in [0.05, 0.1) is 12.8 Å². The van der Waals surface area contributed by atoms with Crippen LogP contribution in [-0.2, 0) is 0 Å². The number of rotatable bonds is 5. The van der Waals surface area contributed by atoms with E-state index in [1.807, 2.05) is 7.05 Å². The minimum absolute atomic E-state index is 0.0674. The van der Waals surface area contributed by atoms with Gasteiger partial charge in [0, 0.05) is 13.6 Å². The van der Waals surface area contributed by atoms with E-state index in [-0.39, 0.29) is 16.9 Å². The number of hydrogen-bond donors (Lipinski definition) is 2. The van der Waals surface area contributed by atoms with Crippen molar-refractivity contribution in [2.75, 3.05) is 35.8 Å². The van der Waals surface area contributed by atoms with Crippen molar-refractivity contribution < 1.29 is 5.11 Å². The van der Waals surface area contributed by atoms with Gasteiger partial charge in [0.2, 0.25) is 0 Å². The fourth-order valence-electron chi connectivity index (χ4n) is 6.77. The van der Waals surface area contributed by atoms with Crippen LogP contribution in [0.4, 0.5) is 17.3 Å². The maximum absolute atomic E-state index is 10.5. The Morgan fingerprint density at radius 1 is 1.31 bits per heavy atom. The first-order chi connectivity index (χ1) is 15.1. The van der Waals surface area contributed by atoms with Crippen molar-refractivity contribution in [3.05, 3.63) is 30.1 Å². The molecule has 2 saturated carbocycles. The number of aromatic nitrogens is 2. The highest BCUT2D eigenvalue weighted by Crippen LogP contribution is 2.62. The predicted molar refractivity (Wildman–Crippen MR) is 133 cm³/mol. The molecule has 3 N–H and O–H groups in total. The molecule has 4 rings (SSSR count). The number of nitrogens with zero attached hydrogens (tertiary/aromatic N) is 4. The van der Waals surface area contributed by atoms with Gasteiger partial charge in [-0.15, -0.1) is 0 Å². The Morgan fingerprint density at radius 2 is 2.06 bits per heavy atom. The first-order valence-electron chi connectivity index (χ1n) is 12.2. The summed E-state index contributed by atoms with van der Waals surface area (Å²) in [5.41, 5.74) is 9.93. The first-order valence-corrected chi connectivity index (χ1v) is 12.2. The summed E-state index contributed by atoms with van der Waals surface area (Å²) in [7, 11) is 2.04. The van der Waals surface area contributed by atoms with Gasteiger partial charge >= 0.3 is 0 Å². The Kier molecular flexibility index (Phi) is 6.03. The van der Waals surface area contributed by atoms with Crippen LogP contribution in [0.25, 0.3) is 0 Å². The fourth-order valence-corrected chi connectivity index (χ4v) is 6.77. The van der Waals surface area contributed by atoms with Gasteiger partial charge in [-0.3, -0.25) is 0 Å². The highest BCUT2D eigenvalue weighted by atomic mass is 16.3. The van der Waals surface area contributed by atoms with Crippen molar-refractivity contribution >= 4 is 17.3 Å². The quantitative estimate of drug-likeness (QED) is 0.644. The fraction of sp³-hybridized carbons (Fsp3) is 0.692. The summed E-state index contributed by atoms with van der Waals surface area (Å²) >= 11 is 0. The molecule has 0 saturated heterocycles. The summed E-state index contributed by atoms with van der Waals surface area (Å²) < 4.78 is 0. The number of aliphatic hydroxyl groups excluding tert-OH is 1. The van der Waals surface area contributed by atoms with Gasteiger partial charge < -0.3 is 20.6 Å². The second kappa shape index (κ2) is 8.36. The molecule has 32 heavy (non-hydrogen) atoms. The van der Waals surface area contributed by atoms with Gasteiger partial charge in [0.1, 0.15) is 12.0 Å². The molecule has 0 bridgehead atoms. The number of aliphatic hydroxyl groups is 1. The maximum atomic E-state index is 10.5. The van der Waals surface area contributed by atoms with E-state index in [1.54, 1.807) is 0 Å². The van der Waals surface area contributed by atoms with Crippen molar-refractivity contribution in [2.24, 2.45) is 22.7 Å². The van der Waals surface area contributed by atoms with Gasteiger partial charge in [-0.1, -0.05) is 39.0 Å². The number of hydrogen-bond acceptors (Lipinski definition) is 6. The Hall–Kier alpha value is -2.08. The van der Waals surface area contributed by atoms with E-state index < -0.39 is 0 Å². The third kappa shape index (κ3) is 3.70. The number of nitrogen functional groups attached to an aromatic ring is 1. The van der Waals surface area contributed by atoms with Gasteiger partial charge in [-0.05, 0) is 73.7 Å². The molecule has 5 atom stereocenters. The molecule has 5 unspecified atom stereocenters. The van der Waals surface area contributed by atoms with Crippen LogP contribution in [0.15, 0.2) is 30.1 Å². The summed E-state index contributed by atoms with van der Waals surface area (Å²) in [4.78, 5) is 13.0. The molecule has 0 amide bonds. The average Bonchev–Trinajstić information content (AvgIpc) is 3.09. The lowest BCUT2D eigenvalue weighted by Gasteiger charge is -2.59. The molecule has 1 aliphatic heterocycles. The first kappa shape index (κ1) is 23.1. The van der Waals surface area contributed by atoms with E-state index in [2.05, 4.69) is 60.1 Å². The molecule has 6 nitrogen and oxygen atoms in total. The van der Waals surface area contributed by atoms with Gasteiger partial charge in [0.25, 0.3) is 0 Å². The molecule has 3 aliphatic rings. The molecule has 0 radical (unpaired) electrons. The SMILES string of the molecule is C=C1C(O)CCC2C1(C)CCC(C)C2(C)CCC(C)=CCN1CN(C)c2ncnc(N)c21. The molecule has 2 aliphatic carbocycles. The predicted octanol–water partition coefficient (Wildman–Crippen LogP) is 4.77. The third-order valence-electron chi connectivity index (χ3n) is 9.26. The van der Waals surface area contributed by atoms with Crippen LogP contribution in [0.5, 0.6) is 0 Å². The van der Waals surface area contributed by atoms with E-state index in [9.17, 15) is 5.11 Å². The lowest BCUT2D eigenvalue weighted by molar-refractivity contribution is -0.0730. The van der Waals surface area contributed by atoms with Gasteiger partial charge in [-0.25, -0.2) is 9.97 Å². The van der Waals surface area contributed by atoms with E-state index in [1.165, 1.54) is 24.7 Å². The molecule has 2 fully saturated rings. The lowest BCUT2D eigenvalue weighted by atomic mass is 9.46. The Morgan fingerprint density at radius 3 is 2.81 bits per heavy atom. The number of anilines is 3. The Labute approximate surface area is 193 Å². The zero-order valence-electron chi connectivity index (χ0n) is 20.6. The minimum atomic E-state index is -0.326. The van der Waals surface area contributed by atoms with Gasteiger partial charge in [-0.2, -0.15) is 0 Å². The minimum Gasteiger partial charge on any atom is -0.389 e. The van der Waals surface area contributed by atoms with Crippen LogP contribution in [0.2, 0.25) is 0 Å². The van der Waals surface area contributed by atoms with Crippen molar-refractivity contribution in [3.63, 3.8) is 0 Å². The molecule has 0 spiro atoms. The van der Waals surface area contributed by atoms with E-state index in [4.69, 9.17) is 5.73 Å². The molecule has 1 aromatic rings. The molecule has 1 aromatic heterocycles. The van der Waals surface area contributed by atoms with E-state index >= 15 is 0 Å². The monoisotopic (exact) mass is 439 g/mol. The van der Waals surface area contributed by atoms with E-state index in [0.29, 0.717) is 17.7 Å². The zero-order valence-corrected chi connectivity index (χ0v) is 20.6. The smallest absolute Gasteiger partial charge is 0.159 e. The molecule has 0 aromatic carbocycles. The number of allylic oxidation sites excluding steroid dienone is 1. The summed E-state index contributed by atoms with van der Waals surface area (Å²) in [6.45, 7) is 15.5. The second-order valence-corrected chi connectivity index (χ2v) is 11.1. The lowest BCUT2D eigenvalue weighted by Crippen LogP contribution is -2.52. The average molecular weight is 440 g/mol. The van der Waals surface area contributed by atoms with Gasteiger partial charge in [0.15, 0.2) is 11.6 Å². The molecule has 2 heterocycles.